The third kappa shape index (κ3) is 1.80. The molecule has 0 fully saturated rings. The Morgan fingerprint density at radius 1 is 1.47 bits per heavy atom. The van der Waals surface area contributed by atoms with Gasteiger partial charge >= 0.3 is 5.97 Å². The number of hydrogen-bond acceptors (Lipinski definition) is 3. The maximum atomic E-state index is 13.1. The summed E-state index contributed by atoms with van der Waals surface area (Å²) in [7, 11) is 1.38. The van der Waals surface area contributed by atoms with Crippen LogP contribution < -0.4 is 4.74 Å². The average Bonchev–Trinajstić information content (AvgIpc) is 2.26. The van der Waals surface area contributed by atoms with Gasteiger partial charge in [-0.25, -0.2) is 14.2 Å². The van der Waals surface area contributed by atoms with Crippen LogP contribution in [0.25, 0.3) is 10.9 Å². The number of ether oxygens (including phenoxy) is 1. The second kappa shape index (κ2) is 4.01. The lowest BCUT2D eigenvalue weighted by Crippen LogP contribution is -2.05. The fourth-order valence-corrected chi connectivity index (χ4v) is 1.81. The van der Waals surface area contributed by atoms with Crippen LogP contribution in [0.5, 0.6) is 5.75 Å². The minimum absolute atomic E-state index is 0.00926. The highest BCUT2D eigenvalue weighted by Crippen LogP contribution is 2.29. The molecule has 0 aliphatic heterocycles. The zero-order chi connectivity index (χ0) is 12.6. The van der Waals surface area contributed by atoms with E-state index in [1.807, 2.05) is 0 Å². The van der Waals surface area contributed by atoms with Gasteiger partial charge in [0.05, 0.1) is 18.3 Å². The predicted octanol–water partition coefficient (Wildman–Crippen LogP) is 2.39. The molecular weight excluding hydrogens is 225 g/mol. The SMILES string of the molecule is COc1c(C)nc2cc(F)ccc2c1C(=O)O. The molecular formula is C12H10FNO3. The van der Waals surface area contributed by atoms with Crippen molar-refractivity contribution in [2.24, 2.45) is 0 Å². The number of aromatic nitrogens is 1. The first-order chi connectivity index (χ1) is 8.04. The number of fused-ring (bicyclic) bond motifs is 1. The van der Waals surface area contributed by atoms with E-state index in [2.05, 4.69) is 4.98 Å². The normalized spacial score (nSPS) is 10.5. The molecule has 0 unspecified atom stereocenters. The highest BCUT2D eigenvalue weighted by Gasteiger charge is 2.19. The molecule has 1 N–H and O–H groups in total. The van der Waals surface area contributed by atoms with Crippen molar-refractivity contribution in [1.82, 2.24) is 4.98 Å². The molecule has 17 heavy (non-hydrogen) atoms. The van der Waals surface area contributed by atoms with E-state index in [1.165, 1.54) is 25.3 Å². The van der Waals surface area contributed by atoms with Crippen LogP contribution in [0.2, 0.25) is 0 Å². The Balaban J connectivity index is 2.92. The molecule has 0 aliphatic rings. The van der Waals surface area contributed by atoms with Gasteiger partial charge in [-0.15, -0.1) is 0 Å². The van der Waals surface area contributed by atoms with Crippen LogP contribution in [-0.4, -0.2) is 23.2 Å². The van der Waals surface area contributed by atoms with Crippen LogP contribution in [0.4, 0.5) is 4.39 Å². The Morgan fingerprint density at radius 3 is 2.76 bits per heavy atom. The molecule has 2 rings (SSSR count). The van der Waals surface area contributed by atoms with E-state index in [-0.39, 0.29) is 11.3 Å². The number of carboxylic acid groups (broad SMARTS) is 1. The van der Waals surface area contributed by atoms with Crippen LogP contribution in [-0.2, 0) is 0 Å². The largest absolute Gasteiger partial charge is 0.494 e. The molecule has 0 aliphatic carbocycles. The lowest BCUT2D eigenvalue weighted by molar-refractivity contribution is 0.0695. The van der Waals surface area contributed by atoms with Gasteiger partial charge in [-0.2, -0.15) is 0 Å². The number of aryl methyl sites for hydroxylation is 1. The van der Waals surface area contributed by atoms with E-state index >= 15 is 0 Å². The molecule has 4 nitrogen and oxygen atoms in total. The second-order valence-corrected chi connectivity index (χ2v) is 3.57. The summed E-state index contributed by atoms with van der Waals surface area (Å²) in [6.07, 6.45) is 0. The van der Waals surface area contributed by atoms with E-state index < -0.39 is 11.8 Å². The number of methoxy groups -OCH3 is 1. The van der Waals surface area contributed by atoms with Gasteiger partial charge in [0.2, 0.25) is 0 Å². The van der Waals surface area contributed by atoms with Gasteiger partial charge in [0.15, 0.2) is 5.75 Å². The van der Waals surface area contributed by atoms with Gasteiger partial charge < -0.3 is 9.84 Å². The van der Waals surface area contributed by atoms with Crippen molar-refractivity contribution in [1.29, 1.82) is 0 Å². The lowest BCUT2D eigenvalue weighted by Gasteiger charge is -2.10. The first-order valence-electron chi connectivity index (χ1n) is 4.91. The molecule has 88 valence electrons. The van der Waals surface area contributed by atoms with Crippen molar-refractivity contribution < 1.29 is 19.0 Å². The van der Waals surface area contributed by atoms with E-state index in [9.17, 15) is 14.3 Å². The van der Waals surface area contributed by atoms with Gasteiger partial charge in [0, 0.05) is 11.5 Å². The Bertz CT molecular complexity index is 610. The molecule has 0 atom stereocenters. The van der Waals surface area contributed by atoms with Crippen LogP contribution >= 0.6 is 0 Å². The smallest absolute Gasteiger partial charge is 0.340 e. The number of nitrogens with zero attached hydrogens (tertiary/aromatic N) is 1. The number of halogens is 1. The first kappa shape index (κ1) is 11.3. The van der Waals surface area contributed by atoms with Gasteiger partial charge in [0.25, 0.3) is 0 Å². The highest BCUT2D eigenvalue weighted by molar-refractivity contribution is 6.05. The van der Waals surface area contributed by atoms with E-state index in [1.54, 1.807) is 6.92 Å². The first-order valence-corrected chi connectivity index (χ1v) is 4.91. The van der Waals surface area contributed by atoms with Gasteiger partial charge in [-0.1, -0.05) is 0 Å². The third-order valence-electron chi connectivity index (χ3n) is 2.49. The van der Waals surface area contributed by atoms with Gasteiger partial charge in [-0.05, 0) is 19.1 Å². The standard InChI is InChI=1S/C12H10FNO3/c1-6-11(17-2)10(12(15)16)8-4-3-7(13)5-9(8)14-6/h3-5H,1-2H3,(H,15,16). The predicted molar refractivity (Wildman–Crippen MR) is 59.9 cm³/mol. The number of aromatic carboxylic acids is 1. The number of benzene rings is 1. The Labute approximate surface area is 96.7 Å². The van der Waals surface area contributed by atoms with Crippen molar-refractivity contribution in [2.75, 3.05) is 7.11 Å². The van der Waals surface area contributed by atoms with E-state index in [0.29, 0.717) is 16.6 Å². The van der Waals surface area contributed by atoms with Crippen molar-refractivity contribution in [2.45, 2.75) is 6.92 Å². The second-order valence-electron chi connectivity index (χ2n) is 3.57. The van der Waals surface area contributed by atoms with Gasteiger partial charge in [0.1, 0.15) is 11.4 Å². The summed E-state index contributed by atoms with van der Waals surface area (Å²) in [5.41, 5.74) is 0.735. The summed E-state index contributed by atoms with van der Waals surface area (Å²) in [6, 6.07) is 3.79. The molecule has 0 bridgehead atoms. The van der Waals surface area contributed by atoms with Crippen molar-refractivity contribution in [3.05, 3.63) is 35.3 Å². The molecule has 1 aromatic heterocycles. The monoisotopic (exact) mass is 235 g/mol. The van der Waals surface area contributed by atoms with Crippen LogP contribution in [0.3, 0.4) is 0 Å². The van der Waals surface area contributed by atoms with Gasteiger partial charge in [-0.3, -0.25) is 0 Å². The van der Waals surface area contributed by atoms with E-state index in [4.69, 9.17) is 4.74 Å². The fraction of sp³-hybridized carbons (Fsp3) is 0.167. The minimum Gasteiger partial charge on any atom is -0.494 e. The number of rotatable bonds is 2. The number of carboxylic acids is 1. The summed E-state index contributed by atoms with van der Waals surface area (Å²) in [5.74, 6) is -1.37. The average molecular weight is 235 g/mol. The summed E-state index contributed by atoms with van der Waals surface area (Å²) in [5, 5.41) is 9.55. The van der Waals surface area contributed by atoms with Crippen LogP contribution in [0, 0.1) is 12.7 Å². The maximum absolute atomic E-state index is 13.1. The zero-order valence-electron chi connectivity index (χ0n) is 9.32. The van der Waals surface area contributed by atoms with Crippen molar-refractivity contribution >= 4 is 16.9 Å². The quantitative estimate of drug-likeness (QED) is 0.868. The Kier molecular flexibility index (Phi) is 2.67. The minimum atomic E-state index is -1.12. The maximum Gasteiger partial charge on any atom is 0.340 e. The third-order valence-corrected chi connectivity index (χ3v) is 2.49. The molecule has 5 heteroatoms. The van der Waals surface area contributed by atoms with Crippen molar-refractivity contribution in [3.8, 4) is 5.75 Å². The van der Waals surface area contributed by atoms with E-state index in [0.717, 1.165) is 0 Å². The number of carbonyl (C=O) groups is 1. The summed E-state index contributed by atoms with van der Waals surface area (Å²) in [4.78, 5) is 15.4. The molecule has 0 saturated heterocycles. The Hall–Kier alpha value is -2.17. The highest BCUT2D eigenvalue weighted by atomic mass is 19.1. The van der Waals surface area contributed by atoms with Crippen LogP contribution in [0.15, 0.2) is 18.2 Å². The molecule has 1 aromatic carbocycles. The number of hydrogen-bond donors (Lipinski definition) is 1. The molecule has 0 saturated carbocycles. The topological polar surface area (TPSA) is 59.4 Å². The lowest BCUT2D eigenvalue weighted by atomic mass is 10.1. The molecule has 0 amide bonds. The summed E-state index contributed by atoms with van der Waals surface area (Å²) in [6.45, 7) is 1.62. The molecule has 0 spiro atoms. The van der Waals surface area contributed by atoms with Crippen LogP contribution in [0.1, 0.15) is 16.1 Å². The summed E-state index contributed by atoms with van der Waals surface area (Å²) < 4.78 is 18.1. The number of pyridine rings is 1. The van der Waals surface area contributed by atoms with Crippen molar-refractivity contribution in [3.63, 3.8) is 0 Å². The molecule has 1 heterocycles. The summed E-state index contributed by atoms with van der Waals surface area (Å²) >= 11 is 0. The fourth-order valence-electron chi connectivity index (χ4n) is 1.81. The molecule has 2 aromatic rings. The zero-order valence-corrected chi connectivity index (χ0v) is 9.32. The molecule has 0 radical (unpaired) electrons. The Morgan fingerprint density at radius 2 is 2.18 bits per heavy atom.